The minimum atomic E-state index is -0.210. The van der Waals surface area contributed by atoms with Gasteiger partial charge in [0.1, 0.15) is 5.82 Å². The molecule has 3 rings (SSSR count). The predicted octanol–water partition coefficient (Wildman–Crippen LogP) is 1.54. The summed E-state index contributed by atoms with van der Waals surface area (Å²) in [5, 5.41) is 2.95. The van der Waals surface area contributed by atoms with Gasteiger partial charge in [-0.25, -0.2) is 9.97 Å². The number of carbonyl (C=O) groups is 2. The molecule has 0 aromatic carbocycles. The molecule has 1 atom stereocenters. The van der Waals surface area contributed by atoms with E-state index in [0.29, 0.717) is 32.0 Å². The quantitative estimate of drug-likeness (QED) is 0.889. The SMILES string of the molecule is Cc1cc(C)nc(CCNC(=O)[C@H]2CC(=O)N(C3CCCC3)C2)n1. The van der Waals surface area contributed by atoms with Crippen molar-refractivity contribution in [1.29, 1.82) is 0 Å². The fraction of sp³-hybridized carbons (Fsp3) is 0.667. The predicted molar refractivity (Wildman–Crippen MR) is 90.3 cm³/mol. The van der Waals surface area contributed by atoms with E-state index in [-0.39, 0.29) is 17.7 Å². The Kier molecular flexibility index (Phi) is 5.11. The Morgan fingerprint density at radius 1 is 1.25 bits per heavy atom. The van der Waals surface area contributed by atoms with E-state index in [4.69, 9.17) is 0 Å². The maximum Gasteiger partial charge on any atom is 0.225 e. The van der Waals surface area contributed by atoms with Crippen LogP contribution in [0.2, 0.25) is 0 Å². The summed E-state index contributed by atoms with van der Waals surface area (Å²) in [7, 11) is 0. The van der Waals surface area contributed by atoms with Crippen LogP contribution >= 0.6 is 0 Å². The molecule has 24 heavy (non-hydrogen) atoms. The monoisotopic (exact) mass is 330 g/mol. The highest BCUT2D eigenvalue weighted by atomic mass is 16.2. The number of carbonyl (C=O) groups excluding carboxylic acids is 2. The third-order valence-electron chi connectivity index (χ3n) is 4.97. The van der Waals surface area contributed by atoms with E-state index in [1.807, 2.05) is 24.8 Å². The van der Waals surface area contributed by atoms with Gasteiger partial charge in [-0.2, -0.15) is 0 Å². The van der Waals surface area contributed by atoms with Crippen molar-refractivity contribution in [3.05, 3.63) is 23.3 Å². The number of aromatic nitrogens is 2. The van der Waals surface area contributed by atoms with Gasteiger partial charge in [0.15, 0.2) is 0 Å². The second-order valence-corrected chi connectivity index (χ2v) is 6.99. The molecule has 2 heterocycles. The van der Waals surface area contributed by atoms with E-state index in [9.17, 15) is 9.59 Å². The molecule has 2 fully saturated rings. The van der Waals surface area contributed by atoms with Crippen molar-refractivity contribution >= 4 is 11.8 Å². The van der Waals surface area contributed by atoms with E-state index in [0.717, 1.165) is 30.1 Å². The normalized spacial score (nSPS) is 21.5. The third-order valence-corrected chi connectivity index (χ3v) is 4.97. The Balaban J connectivity index is 1.47. The topological polar surface area (TPSA) is 75.2 Å². The zero-order valence-electron chi connectivity index (χ0n) is 14.5. The minimum Gasteiger partial charge on any atom is -0.355 e. The molecule has 0 bridgehead atoms. The molecule has 1 aromatic rings. The molecule has 1 aliphatic heterocycles. The molecule has 130 valence electrons. The first-order chi connectivity index (χ1) is 11.5. The number of hydrogen-bond donors (Lipinski definition) is 1. The number of nitrogens with zero attached hydrogens (tertiary/aromatic N) is 3. The van der Waals surface area contributed by atoms with Crippen LogP contribution in [0.5, 0.6) is 0 Å². The first-order valence-corrected chi connectivity index (χ1v) is 8.91. The highest BCUT2D eigenvalue weighted by Gasteiger charge is 2.38. The molecule has 1 aliphatic carbocycles. The fourth-order valence-electron chi connectivity index (χ4n) is 3.83. The average Bonchev–Trinajstić information content (AvgIpc) is 3.15. The van der Waals surface area contributed by atoms with Crippen LogP contribution < -0.4 is 5.32 Å². The molecule has 1 saturated heterocycles. The third kappa shape index (κ3) is 3.91. The highest BCUT2D eigenvalue weighted by molar-refractivity contribution is 5.89. The number of likely N-dealkylation sites (tertiary alicyclic amines) is 1. The first-order valence-electron chi connectivity index (χ1n) is 8.91. The van der Waals surface area contributed by atoms with Crippen LogP contribution in [0.3, 0.4) is 0 Å². The standard InChI is InChI=1S/C18H26N4O2/c1-12-9-13(2)21-16(20-12)7-8-19-18(24)14-10-17(23)22(11-14)15-5-3-4-6-15/h9,14-15H,3-8,10-11H2,1-2H3,(H,19,24)/t14-/m0/s1. The smallest absolute Gasteiger partial charge is 0.225 e. The van der Waals surface area contributed by atoms with Crippen LogP contribution in [0.4, 0.5) is 0 Å². The second-order valence-electron chi connectivity index (χ2n) is 6.99. The zero-order chi connectivity index (χ0) is 17.1. The van der Waals surface area contributed by atoms with Crippen LogP contribution in [-0.4, -0.2) is 45.8 Å². The summed E-state index contributed by atoms with van der Waals surface area (Å²) in [5.41, 5.74) is 1.88. The van der Waals surface area contributed by atoms with Crippen LogP contribution in [0, 0.1) is 19.8 Å². The minimum absolute atomic E-state index is 0.0202. The lowest BCUT2D eigenvalue weighted by molar-refractivity contribution is -0.130. The van der Waals surface area contributed by atoms with Gasteiger partial charge in [0.2, 0.25) is 11.8 Å². The van der Waals surface area contributed by atoms with Crippen LogP contribution in [0.25, 0.3) is 0 Å². The lowest BCUT2D eigenvalue weighted by Gasteiger charge is -2.23. The van der Waals surface area contributed by atoms with Crippen molar-refractivity contribution in [3.63, 3.8) is 0 Å². The maximum atomic E-state index is 12.3. The van der Waals surface area contributed by atoms with Gasteiger partial charge in [0.25, 0.3) is 0 Å². The van der Waals surface area contributed by atoms with E-state index in [1.54, 1.807) is 0 Å². The fourth-order valence-corrected chi connectivity index (χ4v) is 3.83. The molecule has 2 aliphatic rings. The summed E-state index contributed by atoms with van der Waals surface area (Å²) in [6, 6.07) is 2.29. The Labute approximate surface area is 143 Å². The molecular formula is C18H26N4O2. The van der Waals surface area contributed by atoms with Gasteiger partial charge in [0, 0.05) is 43.4 Å². The van der Waals surface area contributed by atoms with Gasteiger partial charge in [0.05, 0.1) is 5.92 Å². The molecule has 6 nitrogen and oxygen atoms in total. The number of amides is 2. The Bertz CT molecular complexity index is 605. The number of aryl methyl sites for hydroxylation is 2. The van der Waals surface area contributed by atoms with Crippen molar-refractivity contribution in [2.24, 2.45) is 5.92 Å². The molecule has 1 saturated carbocycles. The lowest BCUT2D eigenvalue weighted by Crippen LogP contribution is -2.37. The van der Waals surface area contributed by atoms with Crippen molar-refractivity contribution in [2.75, 3.05) is 13.1 Å². The van der Waals surface area contributed by atoms with Gasteiger partial charge in [-0.3, -0.25) is 9.59 Å². The van der Waals surface area contributed by atoms with E-state index in [2.05, 4.69) is 15.3 Å². The molecule has 0 spiro atoms. The molecular weight excluding hydrogens is 304 g/mol. The van der Waals surface area contributed by atoms with Crippen molar-refractivity contribution in [2.45, 2.75) is 58.4 Å². The van der Waals surface area contributed by atoms with Gasteiger partial charge in [-0.05, 0) is 32.8 Å². The van der Waals surface area contributed by atoms with Crippen LogP contribution in [-0.2, 0) is 16.0 Å². The lowest BCUT2D eigenvalue weighted by atomic mass is 10.1. The zero-order valence-corrected chi connectivity index (χ0v) is 14.5. The van der Waals surface area contributed by atoms with E-state index in [1.165, 1.54) is 12.8 Å². The molecule has 1 N–H and O–H groups in total. The Morgan fingerprint density at radius 2 is 1.92 bits per heavy atom. The van der Waals surface area contributed by atoms with E-state index < -0.39 is 0 Å². The van der Waals surface area contributed by atoms with Gasteiger partial charge in [-0.15, -0.1) is 0 Å². The summed E-state index contributed by atoms with van der Waals surface area (Å²) in [5.74, 6) is 0.661. The van der Waals surface area contributed by atoms with Crippen molar-refractivity contribution < 1.29 is 9.59 Å². The van der Waals surface area contributed by atoms with Gasteiger partial charge in [-0.1, -0.05) is 12.8 Å². The van der Waals surface area contributed by atoms with Crippen LogP contribution in [0.1, 0.15) is 49.3 Å². The van der Waals surface area contributed by atoms with Crippen molar-refractivity contribution in [3.8, 4) is 0 Å². The molecule has 1 aromatic heterocycles. The largest absolute Gasteiger partial charge is 0.355 e. The molecule has 0 radical (unpaired) electrons. The van der Waals surface area contributed by atoms with Gasteiger partial charge < -0.3 is 10.2 Å². The first kappa shape index (κ1) is 16.9. The summed E-state index contributed by atoms with van der Waals surface area (Å²) in [6.45, 7) is 4.97. The van der Waals surface area contributed by atoms with Gasteiger partial charge >= 0.3 is 0 Å². The Morgan fingerprint density at radius 3 is 2.58 bits per heavy atom. The molecule has 6 heteroatoms. The second kappa shape index (κ2) is 7.28. The summed E-state index contributed by atoms with van der Waals surface area (Å²) in [4.78, 5) is 35.2. The number of rotatable bonds is 5. The Hall–Kier alpha value is -1.98. The maximum absolute atomic E-state index is 12.3. The molecule has 2 amide bonds. The van der Waals surface area contributed by atoms with Crippen molar-refractivity contribution in [1.82, 2.24) is 20.2 Å². The van der Waals surface area contributed by atoms with Crippen LogP contribution in [0.15, 0.2) is 6.07 Å². The average molecular weight is 330 g/mol. The highest BCUT2D eigenvalue weighted by Crippen LogP contribution is 2.29. The summed E-state index contributed by atoms with van der Waals surface area (Å²) < 4.78 is 0. The summed E-state index contributed by atoms with van der Waals surface area (Å²) >= 11 is 0. The number of hydrogen-bond acceptors (Lipinski definition) is 4. The molecule has 0 unspecified atom stereocenters. The summed E-state index contributed by atoms with van der Waals surface area (Å²) in [6.07, 6.45) is 5.53. The van der Waals surface area contributed by atoms with E-state index >= 15 is 0 Å². The number of nitrogens with one attached hydrogen (secondary N) is 1.